The number of aromatic nitrogens is 2. The van der Waals surface area contributed by atoms with Crippen LogP contribution >= 0.6 is 0 Å². The average molecular weight is 430 g/mol. The van der Waals surface area contributed by atoms with E-state index in [2.05, 4.69) is 0 Å². The number of hydrogen-bond donors (Lipinski definition) is 1. The van der Waals surface area contributed by atoms with E-state index in [1.807, 2.05) is 50.7 Å². The summed E-state index contributed by atoms with van der Waals surface area (Å²) in [6.45, 7) is 9.96. The van der Waals surface area contributed by atoms with Gasteiger partial charge in [0.2, 0.25) is 0 Å². The number of nitrogens with zero attached hydrogens (tertiary/aromatic N) is 3. The van der Waals surface area contributed by atoms with Crippen molar-refractivity contribution in [2.75, 3.05) is 19.7 Å². The van der Waals surface area contributed by atoms with Gasteiger partial charge >= 0.3 is 6.09 Å². The predicted octanol–water partition coefficient (Wildman–Crippen LogP) is 4.34. The van der Waals surface area contributed by atoms with Crippen LogP contribution in [0.1, 0.15) is 68.8 Å². The molecule has 1 fully saturated rings. The Labute approximate surface area is 184 Å². The molecule has 1 saturated heterocycles. The van der Waals surface area contributed by atoms with E-state index >= 15 is 0 Å². The molecule has 0 unspecified atom stereocenters. The first-order valence-electron chi connectivity index (χ1n) is 11.3. The van der Waals surface area contributed by atoms with Gasteiger partial charge in [-0.2, -0.15) is 5.10 Å². The molecule has 1 aromatic carbocycles. The summed E-state index contributed by atoms with van der Waals surface area (Å²) in [5, 5.41) is 14.6. The van der Waals surface area contributed by atoms with Crippen molar-refractivity contribution < 1.29 is 19.4 Å². The Kier molecular flexibility index (Phi) is 7.36. The molecule has 3 rings (SSSR count). The molecule has 0 saturated carbocycles. The number of carbonyl (C=O) groups is 2. The third kappa shape index (κ3) is 6.06. The number of fused-ring (bicyclic) bond motifs is 1. The summed E-state index contributed by atoms with van der Waals surface area (Å²) in [6, 6.07) is 3.79. The molecular formula is C24H35N3O4. The van der Waals surface area contributed by atoms with E-state index in [9.17, 15) is 9.59 Å². The SMILES string of the molecule is Cc1c(C(=O)CCCCO)ccc2nn(CC3CCN(C(=O)OC(C)(C)C)CC3)cc12. The number of rotatable bonds is 7. The van der Waals surface area contributed by atoms with E-state index in [4.69, 9.17) is 14.9 Å². The van der Waals surface area contributed by atoms with E-state index in [1.165, 1.54) is 0 Å². The standard InChI is InChI=1S/C24H35N3O4/c1-17-19(22(29)7-5-6-14-28)8-9-21-20(17)16-27(25-21)15-18-10-12-26(13-11-18)23(30)31-24(2,3)4/h8-9,16,18,28H,5-7,10-15H2,1-4H3. The minimum absolute atomic E-state index is 0.120. The lowest BCUT2D eigenvalue weighted by atomic mass is 9.97. The summed E-state index contributed by atoms with van der Waals surface area (Å²) in [5.74, 6) is 0.572. The van der Waals surface area contributed by atoms with E-state index in [0.29, 0.717) is 38.3 Å². The number of ketones is 1. The van der Waals surface area contributed by atoms with Crippen molar-refractivity contribution in [2.45, 2.75) is 71.9 Å². The first kappa shape index (κ1) is 23.3. The molecule has 0 bridgehead atoms. The molecule has 1 aliphatic heterocycles. The van der Waals surface area contributed by atoms with Gasteiger partial charge in [-0.25, -0.2) is 4.79 Å². The number of aliphatic hydroxyl groups excluding tert-OH is 1. The van der Waals surface area contributed by atoms with Crippen molar-refractivity contribution in [3.63, 3.8) is 0 Å². The summed E-state index contributed by atoms with van der Waals surface area (Å²) in [6.07, 6.45) is 5.45. The number of hydrogen-bond acceptors (Lipinski definition) is 5. The van der Waals surface area contributed by atoms with Crippen LogP contribution in [-0.2, 0) is 11.3 Å². The molecule has 1 aliphatic rings. The van der Waals surface area contributed by atoms with E-state index in [0.717, 1.165) is 41.4 Å². The van der Waals surface area contributed by atoms with Gasteiger partial charge in [0.1, 0.15) is 5.60 Å². The smallest absolute Gasteiger partial charge is 0.410 e. The highest BCUT2D eigenvalue weighted by Crippen LogP contribution is 2.25. The number of unbranched alkanes of at least 4 members (excludes halogenated alkanes) is 1. The Balaban J connectivity index is 1.61. The molecule has 0 aliphatic carbocycles. The van der Waals surface area contributed by atoms with Gasteiger partial charge in [0, 0.05) is 49.8 Å². The maximum Gasteiger partial charge on any atom is 0.410 e. The van der Waals surface area contributed by atoms with Crippen molar-refractivity contribution in [2.24, 2.45) is 5.92 Å². The zero-order valence-electron chi connectivity index (χ0n) is 19.2. The molecule has 1 aromatic heterocycles. The molecular weight excluding hydrogens is 394 g/mol. The minimum Gasteiger partial charge on any atom is -0.444 e. The largest absolute Gasteiger partial charge is 0.444 e. The highest BCUT2D eigenvalue weighted by molar-refractivity contribution is 6.01. The van der Waals surface area contributed by atoms with Gasteiger partial charge in [0.15, 0.2) is 5.78 Å². The fraction of sp³-hybridized carbons (Fsp3) is 0.625. The van der Waals surface area contributed by atoms with Crippen molar-refractivity contribution in [1.82, 2.24) is 14.7 Å². The highest BCUT2D eigenvalue weighted by Gasteiger charge is 2.27. The van der Waals surface area contributed by atoms with E-state index in [1.54, 1.807) is 4.90 Å². The maximum atomic E-state index is 12.5. The van der Waals surface area contributed by atoms with Crippen molar-refractivity contribution in [3.8, 4) is 0 Å². The number of likely N-dealkylation sites (tertiary alicyclic amines) is 1. The molecule has 170 valence electrons. The fourth-order valence-corrected chi connectivity index (χ4v) is 4.10. The number of ether oxygens (including phenoxy) is 1. The number of benzene rings is 1. The monoisotopic (exact) mass is 429 g/mol. The molecule has 7 heteroatoms. The van der Waals surface area contributed by atoms with Crippen molar-refractivity contribution >= 4 is 22.8 Å². The second-order valence-corrected chi connectivity index (χ2v) is 9.54. The quantitative estimate of drug-likeness (QED) is 0.523. The van der Waals surface area contributed by atoms with Crippen LogP contribution in [0.15, 0.2) is 18.3 Å². The van der Waals surface area contributed by atoms with Crippen LogP contribution in [0.3, 0.4) is 0 Å². The summed E-state index contributed by atoms with van der Waals surface area (Å²) >= 11 is 0. The topological polar surface area (TPSA) is 84.7 Å². The normalized spacial score (nSPS) is 15.5. The lowest BCUT2D eigenvalue weighted by Gasteiger charge is -2.33. The van der Waals surface area contributed by atoms with E-state index < -0.39 is 5.60 Å². The highest BCUT2D eigenvalue weighted by atomic mass is 16.6. The van der Waals surface area contributed by atoms with Gasteiger partial charge in [0.25, 0.3) is 0 Å². The molecule has 1 amide bonds. The molecule has 2 heterocycles. The number of carbonyl (C=O) groups excluding carboxylic acids is 2. The van der Waals surface area contributed by atoms with Crippen LogP contribution in [-0.4, -0.2) is 57.0 Å². The third-order valence-electron chi connectivity index (χ3n) is 5.83. The van der Waals surface area contributed by atoms with Crippen LogP contribution in [0, 0.1) is 12.8 Å². The third-order valence-corrected chi connectivity index (χ3v) is 5.83. The van der Waals surface area contributed by atoms with Gasteiger partial charge in [-0.1, -0.05) is 0 Å². The summed E-state index contributed by atoms with van der Waals surface area (Å²) in [7, 11) is 0. The molecule has 7 nitrogen and oxygen atoms in total. The van der Waals surface area contributed by atoms with Gasteiger partial charge in [-0.15, -0.1) is 0 Å². The van der Waals surface area contributed by atoms with Crippen molar-refractivity contribution in [3.05, 3.63) is 29.5 Å². The Morgan fingerprint density at radius 2 is 1.90 bits per heavy atom. The number of piperidine rings is 1. The Morgan fingerprint density at radius 1 is 1.19 bits per heavy atom. The van der Waals surface area contributed by atoms with Gasteiger partial charge in [-0.3, -0.25) is 9.48 Å². The Hall–Kier alpha value is -2.41. The molecule has 2 aromatic rings. The van der Waals surface area contributed by atoms with Gasteiger partial charge < -0.3 is 14.7 Å². The lowest BCUT2D eigenvalue weighted by Crippen LogP contribution is -2.42. The zero-order valence-corrected chi connectivity index (χ0v) is 19.2. The van der Waals surface area contributed by atoms with Gasteiger partial charge in [-0.05, 0) is 77.0 Å². The van der Waals surface area contributed by atoms with Crippen LogP contribution in [0.5, 0.6) is 0 Å². The van der Waals surface area contributed by atoms with Crippen LogP contribution in [0.2, 0.25) is 0 Å². The fourth-order valence-electron chi connectivity index (χ4n) is 4.10. The average Bonchev–Trinajstić information content (AvgIpc) is 3.11. The second kappa shape index (κ2) is 9.81. The minimum atomic E-state index is -0.472. The Morgan fingerprint density at radius 3 is 2.55 bits per heavy atom. The zero-order chi connectivity index (χ0) is 22.6. The Bertz CT molecular complexity index is 921. The summed E-state index contributed by atoms with van der Waals surface area (Å²) in [5.41, 5.74) is 2.14. The van der Waals surface area contributed by atoms with Crippen LogP contribution in [0.25, 0.3) is 10.9 Å². The molecule has 0 radical (unpaired) electrons. The predicted molar refractivity (Wildman–Crippen MR) is 120 cm³/mol. The van der Waals surface area contributed by atoms with E-state index in [-0.39, 0.29) is 18.5 Å². The van der Waals surface area contributed by atoms with Crippen molar-refractivity contribution in [1.29, 1.82) is 0 Å². The number of Topliss-reactive ketones (excluding diaryl/α,β-unsaturated/α-hetero) is 1. The summed E-state index contributed by atoms with van der Waals surface area (Å²) in [4.78, 5) is 26.6. The number of amides is 1. The molecule has 1 N–H and O–H groups in total. The van der Waals surface area contributed by atoms with Gasteiger partial charge in [0.05, 0.1) is 5.52 Å². The second-order valence-electron chi connectivity index (χ2n) is 9.54. The number of aliphatic hydroxyl groups is 1. The first-order chi connectivity index (χ1) is 14.7. The molecule has 0 atom stereocenters. The van der Waals surface area contributed by atoms with Crippen LogP contribution in [0.4, 0.5) is 4.79 Å². The first-order valence-corrected chi connectivity index (χ1v) is 11.3. The van der Waals surface area contributed by atoms with Crippen LogP contribution < -0.4 is 0 Å². The molecule has 0 spiro atoms. The lowest BCUT2D eigenvalue weighted by molar-refractivity contribution is 0.0177. The molecule has 31 heavy (non-hydrogen) atoms. The summed E-state index contributed by atoms with van der Waals surface area (Å²) < 4.78 is 7.45. The maximum absolute atomic E-state index is 12.5. The number of aryl methyl sites for hydroxylation is 1.